The van der Waals surface area contributed by atoms with E-state index in [2.05, 4.69) is 6.92 Å². The monoisotopic (exact) mass is 258 g/mol. The molecule has 0 amide bonds. The largest absolute Gasteiger partial charge is 0.396 e. The van der Waals surface area contributed by atoms with Gasteiger partial charge in [-0.1, -0.05) is 71.6 Å². The Morgan fingerprint density at radius 2 is 1.22 bits per heavy atom. The summed E-state index contributed by atoms with van der Waals surface area (Å²) in [6.07, 6.45) is 13.9. The lowest BCUT2D eigenvalue weighted by Gasteiger charge is -2.25. The van der Waals surface area contributed by atoms with Crippen molar-refractivity contribution in [1.82, 2.24) is 0 Å². The quantitative estimate of drug-likeness (QED) is 0.480. The van der Waals surface area contributed by atoms with Crippen molar-refractivity contribution in [3.8, 4) is 0 Å². The lowest BCUT2D eigenvalue weighted by molar-refractivity contribution is 0.00224. The summed E-state index contributed by atoms with van der Waals surface area (Å²) in [5.74, 6) is 0. The maximum atomic E-state index is 10.2. The smallest absolute Gasteiger partial charge is 0.0667 e. The molecule has 0 saturated heterocycles. The number of unbranched alkanes of at least 4 members (excludes halogenated alkanes) is 8. The van der Waals surface area contributed by atoms with E-state index in [4.69, 9.17) is 5.11 Å². The summed E-state index contributed by atoms with van der Waals surface area (Å²) in [5.41, 5.74) is -0.615. The molecule has 0 aliphatic heterocycles. The molecule has 1 unspecified atom stereocenters. The average molecular weight is 258 g/mol. The first-order valence-electron chi connectivity index (χ1n) is 8.01. The summed E-state index contributed by atoms with van der Waals surface area (Å²) in [5, 5.41) is 19.1. The van der Waals surface area contributed by atoms with Gasteiger partial charge in [0.2, 0.25) is 0 Å². The van der Waals surface area contributed by atoms with E-state index < -0.39 is 5.60 Å². The Labute approximate surface area is 114 Å². The van der Waals surface area contributed by atoms with Crippen LogP contribution in [0.15, 0.2) is 0 Å². The van der Waals surface area contributed by atoms with Gasteiger partial charge in [-0.15, -0.1) is 0 Å². The molecule has 0 aromatic rings. The molecule has 2 N–H and O–H groups in total. The maximum Gasteiger partial charge on any atom is 0.0667 e. The van der Waals surface area contributed by atoms with Crippen molar-refractivity contribution in [2.75, 3.05) is 6.61 Å². The molecular weight excluding hydrogens is 224 g/mol. The zero-order chi connectivity index (χ0) is 13.7. The van der Waals surface area contributed by atoms with Gasteiger partial charge in [0.05, 0.1) is 5.60 Å². The van der Waals surface area contributed by atoms with Gasteiger partial charge < -0.3 is 10.2 Å². The minimum Gasteiger partial charge on any atom is -0.396 e. The highest BCUT2D eigenvalue weighted by Crippen LogP contribution is 2.23. The maximum absolute atomic E-state index is 10.2. The average Bonchev–Trinajstić information content (AvgIpc) is 2.37. The number of aliphatic hydroxyl groups excluding tert-OH is 1. The Balaban J connectivity index is 3.33. The fraction of sp³-hybridized carbons (Fsp3) is 1.00. The fourth-order valence-corrected chi connectivity index (χ4v) is 2.45. The van der Waals surface area contributed by atoms with Crippen molar-refractivity contribution in [3.05, 3.63) is 0 Å². The highest BCUT2D eigenvalue weighted by molar-refractivity contribution is 4.76. The van der Waals surface area contributed by atoms with Crippen LogP contribution in [0.2, 0.25) is 0 Å². The number of aliphatic hydroxyl groups is 2. The topological polar surface area (TPSA) is 40.5 Å². The molecule has 2 heteroatoms. The molecule has 110 valence electrons. The van der Waals surface area contributed by atoms with Crippen LogP contribution in [0.3, 0.4) is 0 Å². The first-order valence-corrected chi connectivity index (χ1v) is 8.01. The molecule has 0 aromatic carbocycles. The molecule has 0 fully saturated rings. The van der Waals surface area contributed by atoms with E-state index in [1.807, 2.05) is 6.92 Å². The molecule has 0 spiro atoms. The van der Waals surface area contributed by atoms with E-state index in [-0.39, 0.29) is 6.61 Å². The van der Waals surface area contributed by atoms with Crippen molar-refractivity contribution in [2.24, 2.45) is 0 Å². The third-order valence-corrected chi connectivity index (χ3v) is 3.98. The summed E-state index contributed by atoms with van der Waals surface area (Å²) in [7, 11) is 0. The number of hydrogen-bond acceptors (Lipinski definition) is 2. The van der Waals surface area contributed by atoms with Gasteiger partial charge in [0, 0.05) is 6.61 Å². The fourth-order valence-electron chi connectivity index (χ4n) is 2.45. The van der Waals surface area contributed by atoms with Crippen molar-refractivity contribution in [2.45, 2.75) is 96.5 Å². The molecular formula is C16H34O2. The van der Waals surface area contributed by atoms with Crippen molar-refractivity contribution in [3.63, 3.8) is 0 Å². The second-order valence-electron chi connectivity index (χ2n) is 5.63. The Morgan fingerprint density at radius 1 is 0.722 bits per heavy atom. The lowest BCUT2D eigenvalue weighted by atomic mass is 9.90. The highest BCUT2D eigenvalue weighted by Gasteiger charge is 2.22. The van der Waals surface area contributed by atoms with Crippen LogP contribution in [0.5, 0.6) is 0 Å². The van der Waals surface area contributed by atoms with Gasteiger partial charge in [0.1, 0.15) is 0 Å². The SMILES string of the molecule is CCCCCCCCCCCC(O)(CC)CCO. The number of hydrogen-bond donors (Lipinski definition) is 2. The molecule has 1 atom stereocenters. The predicted molar refractivity (Wildman–Crippen MR) is 78.8 cm³/mol. The van der Waals surface area contributed by atoms with Crippen molar-refractivity contribution >= 4 is 0 Å². The Bertz CT molecular complexity index is 170. The Morgan fingerprint density at radius 3 is 1.67 bits per heavy atom. The zero-order valence-corrected chi connectivity index (χ0v) is 12.6. The molecule has 0 bridgehead atoms. The van der Waals surface area contributed by atoms with Gasteiger partial charge >= 0.3 is 0 Å². The van der Waals surface area contributed by atoms with Crippen LogP contribution >= 0.6 is 0 Å². The van der Waals surface area contributed by atoms with Gasteiger partial charge in [-0.25, -0.2) is 0 Å². The predicted octanol–water partition coefficient (Wildman–Crippen LogP) is 4.43. The molecule has 0 heterocycles. The first-order chi connectivity index (χ1) is 8.68. The molecule has 2 nitrogen and oxygen atoms in total. The normalized spacial score (nSPS) is 14.7. The summed E-state index contributed by atoms with van der Waals surface area (Å²) in [6, 6.07) is 0. The minimum absolute atomic E-state index is 0.0990. The van der Waals surface area contributed by atoms with Gasteiger partial charge in [-0.05, 0) is 19.3 Å². The van der Waals surface area contributed by atoms with Crippen molar-refractivity contribution in [1.29, 1.82) is 0 Å². The molecule has 0 saturated carbocycles. The number of rotatable bonds is 13. The third-order valence-electron chi connectivity index (χ3n) is 3.98. The molecule has 18 heavy (non-hydrogen) atoms. The van der Waals surface area contributed by atoms with E-state index in [0.29, 0.717) is 6.42 Å². The van der Waals surface area contributed by atoms with Crippen LogP contribution in [-0.2, 0) is 0 Å². The zero-order valence-electron chi connectivity index (χ0n) is 12.6. The van der Waals surface area contributed by atoms with E-state index in [9.17, 15) is 5.11 Å². The van der Waals surface area contributed by atoms with Gasteiger partial charge in [-0.2, -0.15) is 0 Å². The molecule has 0 aliphatic carbocycles. The van der Waals surface area contributed by atoms with Crippen molar-refractivity contribution < 1.29 is 10.2 Å². The van der Waals surface area contributed by atoms with Crippen LogP contribution < -0.4 is 0 Å². The van der Waals surface area contributed by atoms with Crippen LogP contribution in [0.4, 0.5) is 0 Å². The van der Waals surface area contributed by atoms with Gasteiger partial charge in [0.15, 0.2) is 0 Å². The van der Waals surface area contributed by atoms with Crippen LogP contribution in [0.1, 0.15) is 90.9 Å². The highest BCUT2D eigenvalue weighted by atomic mass is 16.3. The van der Waals surface area contributed by atoms with Crippen LogP contribution in [0.25, 0.3) is 0 Å². The second-order valence-corrected chi connectivity index (χ2v) is 5.63. The standard InChI is InChI=1S/C16H34O2/c1-3-5-6-7-8-9-10-11-12-13-16(18,4-2)14-15-17/h17-18H,3-15H2,1-2H3. The summed E-state index contributed by atoms with van der Waals surface area (Å²) < 4.78 is 0. The molecule has 0 aromatic heterocycles. The van der Waals surface area contributed by atoms with E-state index in [1.54, 1.807) is 0 Å². The molecule has 0 aliphatic rings. The Kier molecular flexibility index (Phi) is 11.9. The van der Waals surface area contributed by atoms with E-state index in [1.165, 1.54) is 51.4 Å². The van der Waals surface area contributed by atoms with E-state index in [0.717, 1.165) is 19.3 Å². The Hall–Kier alpha value is -0.0800. The molecule has 0 rings (SSSR count). The lowest BCUT2D eigenvalue weighted by Crippen LogP contribution is -2.28. The third kappa shape index (κ3) is 9.90. The summed E-state index contributed by atoms with van der Waals surface area (Å²) in [6.45, 7) is 4.35. The van der Waals surface area contributed by atoms with Crippen LogP contribution in [0, 0.1) is 0 Å². The summed E-state index contributed by atoms with van der Waals surface area (Å²) in [4.78, 5) is 0. The first kappa shape index (κ1) is 17.9. The summed E-state index contributed by atoms with van der Waals surface area (Å²) >= 11 is 0. The van der Waals surface area contributed by atoms with Gasteiger partial charge in [0.25, 0.3) is 0 Å². The second kappa shape index (κ2) is 12.0. The van der Waals surface area contributed by atoms with E-state index >= 15 is 0 Å². The minimum atomic E-state index is -0.615. The molecule has 0 radical (unpaired) electrons. The van der Waals surface area contributed by atoms with Crippen LogP contribution in [-0.4, -0.2) is 22.4 Å². The van der Waals surface area contributed by atoms with Gasteiger partial charge in [-0.3, -0.25) is 0 Å².